The molecule has 0 atom stereocenters. The van der Waals surface area contributed by atoms with Crippen molar-refractivity contribution in [3.8, 4) is 5.75 Å². The van der Waals surface area contributed by atoms with Crippen molar-refractivity contribution in [3.63, 3.8) is 0 Å². The van der Waals surface area contributed by atoms with Gasteiger partial charge in [-0.3, -0.25) is 19.7 Å². The van der Waals surface area contributed by atoms with E-state index in [9.17, 15) is 19.2 Å². The fourth-order valence-electron chi connectivity index (χ4n) is 2.96. The molecule has 2 N–H and O–H groups in total. The summed E-state index contributed by atoms with van der Waals surface area (Å²) in [6.07, 6.45) is -0.109. The van der Waals surface area contributed by atoms with Crippen molar-refractivity contribution in [2.45, 2.75) is 20.3 Å². The van der Waals surface area contributed by atoms with Gasteiger partial charge >= 0.3 is 12.0 Å². The van der Waals surface area contributed by atoms with Crippen LogP contribution in [0.25, 0.3) is 0 Å². The van der Waals surface area contributed by atoms with Crippen molar-refractivity contribution >= 4 is 35.2 Å². The number of imide groups is 1. The summed E-state index contributed by atoms with van der Waals surface area (Å²) in [5, 5.41) is 4.64. The number of benzene rings is 2. The molecule has 0 fully saturated rings. The number of nitrogens with zero attached hydrogens (tertiary/aromatic N) is 1. The minimum absolute atomic E-state index is 0.0902. The Kier molecular flexibility index (Phi) is 6.86. The van der Waals surface area contributed by atoms with Crippen LogP contribution in [-0.2, 0) is 19.1 Å². The average molecular weight is 425 g/mol. The number of hydrogen-bond donors (Lipinski definition) is 2. The van der Waals surface area contributed by atoms with E-state index >= 15 is 0 Å². The summed E-state index contributed by atoms with van der Waals surface area (Å²) >= 11 is 0. The van der Waals surface area contributed by atoms with Crippen LogP contribution in [0.5, 0.6) is 5.75 Å². The molecule has 1 heterocycles. The number of hydrogen-bond acceptors (Lipinski definition) is 6. The smallest absolute Gasteiger partial charge is 0.325 e. The maximum atomic E-state index is 12.1. The third-order valence-electron chi connectivity index (χ3n) is 4.73. The first-order valence-electron chi connectivity index (χ1n) is 9.69. The first-order valence-corrected chi connectivity index (χ1v) is 9.69. The Morgan fingerprint density at radius 2 is 1.87 bits per heavy atom. The Morgan fingerprint density at radius 1 is 1.10 bits per heavy atom. The lowest BCUT2D eigenvalue weighted by Gasteiger charge is -2.28. The molecule has 9 nitrogen and oxygen atoms in total. The minimum Gasteiger partial charge on any atom is -0.482 e. The summed E-state index contributed by atoms with van der Waals surface area (Å²) in [6.45, 7) is 3.24. The normalized spacial score (nSPS) is 12.5. The lowest BCUT2D eigenvalue weighted by molar-refractivity contribution is -0.148. The van der Waals surface area contributed by atoms with E-state index < -0.39 is 24.5 Å². The zero-order chi connectivity index (χ0) is 22.4. The summed E-state index contributed by atoms with van der Waals surface area (Å²) in [7, 11) is 0. The van der Waals surface area contributed by atoms with Crippen LogP contribution in [0.15, 0.2) is 42.5 Å². The molecule has 0 spiro atoms. The fourth-order valence-corrected chi connectivity index (χ4v) is 2.96. The molecule has 3 rings (SSSR count). The van der Waals surface area contributed by atoms with Crippen molar-refractivity contribution in [1.29, 1.82) is 0 Å². The van der Waals surface area contributed by atoms with Gasteiger partial charge in [-0.25, -0.2) is 4.79 Å². The van der Waals surface area contributed by atoms with Gasteiger partial charge in [-0.15, -0.1) is 0 Å². The molecule has 9 heteroatoms. The molecule has 0 bridgehead atoms. The van der Waals surface area contributed by atoms with Gasteiger partial charge in [-0.05, 0) is 49.2 Å². The predicted molar refractivity (Wildman–Crippen MR) is 113 cm³/mol. The largest absolute Gasteiger partial charge is 0.482 e. The fraction of sp³-hybridized carbons (Fsp3) is 0.273. The molecule has 0 aliphatic carbocycles. The van der Waals surface area contributed by atoms with E-state index in [0.717, 1.165) is 11.1 Å². The van der Waals surface area contributed by atoms with E-state index in [1.165, 1.54) is 4.90 Å². The Bertz CT molecular complexity index is 1020. The number of nitrogens with one attached hydrogen (secondary N) is 2. The SMILES string of the molecule is Cc1ccc(NC(=O)NC(=O)COC(=O)CCN2C(=O)COc3ccccc32)cc1C. The van der Waals surface area contributed by atoms with E-state index in [0.29, 0.717) is 17.1 Å². The molecular weight excluding hydrogens is 402 g/mol. The first kappa shape index (κ1) is 21.8. The van der Waals surface area contributed by atoms with Crippen molar-refractivity contribution in [2.75, 3.05) is 30.0 Å². The van der Waals surface area contributed by atoms with Gasteiger partial charge in [0.05, 0.1) is 12.1 Å². The molecule has 1 aliphatic heterocycles. The Hall–Kier alpha value is -3.88. The highest BCUT2D eigenvalue weighted by atomic mass is 16.5. The Labute approximate surface area is 179 Å². The standard InChI is InChI=1S/C22H23N3O6/c1-14-7-8-16(11-15(14)2)23-22(29)24-19(26)12-31-21(28)9-10-25-17-5-3-4-6-18(17)30-13-20(25)27/h3-8,11H,9-10,12-13H2,1-2H3,(H2,23,24,26,29). The van der Waals surface area contributed by atoms with E-state index in [2.05, 4.69) is 10.6 Å². The molecule has 0 unspecified atom stereocenters. The monoisotopic (exact) mass is 425 g/mol. The maximum absolute atomic E-state index is 12.1. The Balaban J connectivity index is 1.42. The Morgan fingerprint density at radius 3 is 2.65 bits per heavy atom. The van der Waals surface area contributed by atoms with Gasteiger partial charge in [-0.1, -0.05) is 18.2 Å². The first-order chi connectivity index (χ1) is 14.8. The molecule has 162 valence electrons. The van der Waals surface area contributed by atoms with Gasteiger partial charge < -0.3 is 19.7 Å². The highest BCUT2D eigenvalue weighted by Crippen LogP contribution is 2.31. The predicted octanol–water partition coefficient (Wildman–Crippen LogP) is 2.31. The summed E-state index contributed by atoms with van der Waals surface area (Å²) < 4.78 is 10.2. The van der Waals surface area contributed by atoms with Gasteiger partial charge in [0.15, 0.2) is 13.2 Å². The van der Waals surface area contributed by atoms with E-state index in [-0.39, 0.29) is 25.5 Å². The second-order valence-electron chi connectivity index (χ2n) is 7.01. The number of esters is 1. The molecule has 31 heavy (non-hydrogen) atoms. The lowest BCUT2D eigenvalue weighted by Crippen LogP contribution is -2.40. The zero-order valence-corrected chi connectivity index (χ0v) is 17.3. The van der Waals surface area contributed by atoms with Gasteiger partial charge in [0.2, 0.25) is 0 Å². The van der Waals surface area contributed by atoms with Crippen molar-refractivity contribution in [3.05, 3.63) is 53.6 Å². The molecule has 1 aliphatic rings. The molecule has 2 aromatic rings. The number of fused-ring (bicyclic) bond motifs is 1. The number of rotatable bonds is 6. The van der Waals surface area contributed by atoms with Crippen LogP contribution in [0.4, 0.5) is 16.2 Å². The van der Waals surface area contributed by atoms with Crippen LogP contribution in [0, 0.1) is 13.8 Å². The average Bonchev–Trinajstić information content (AvgIpc) is 2.74. The third kappa shape index (κ3) is 5.81. The van der Waals surface area contributed by atoms with Crippen LogP contribution in [0.1, 0.15) is 17.5 Å². The number of ether oxygens (including phenoxy) is 2. The van der Waals surface area contributed by atoms with Crippen LogP contribution in [0.3, 0.4) is 0 Å². The summed E-state index contributed by atoms with van der Waals surface area (Å²) in [5.74, 6) is -1.14. The lowest BCUT2D eigenvalue weighted by atomic mass is 10.1. The quantitative estimate of drug-likeness (QED) is 0.687. The zero-order valence-electron chi connectivity index (χ0n) is 17.3. The number of aryl methyl sites for hydroxylation is 2. The van der Waals surface area contributed by atoms with Crippen molar-refractivity contribution < 1.29 is 28.7 Å². The van der Waals surface area contributed by atoms with Gasteiger partial charge in [0.1, 0.15) is 5.75 Å². The third-order valence-corrected chi connectivity index (χ3v) is 4.73. The molecule has 2 aromatic carbocycles. The molecule has 0 radical (unpaired) electrons. The molecule has 0 saturated carbocycles. The topological polar surface area (TPSA) is 114 Å². The van der Waals surface area contributed by atoms with E-state index in [1.54, 1.807) is 36.4 Å². The number of para-hydroxylation sites is 2. The summed E-state index contributed by atoms with van der Waals surface area (Å²) in [5.41, 5.74) is 3.20. The maximum Gasteiger partial charge on any atom is 0.325 e. The van der Waals surface area contributed by atoms with Crippen molar-refractivity contribution in [2.24, 2.45) is 0 Å². The highest BCUT2D eigenvalue weighted by Gasteiger charge is 2.25. The summed E-state index contributed by atoms with van der Waals surface area (Å²) in [6, 6.07) is 11.6. The van der Waals surface area contributed by atoms with Crippen LogP contribution in [-0.4, -0.2) is 43.6 Å². The van der Waals surface area contributed by atoms with Crippen LogP contribution < -0.4 is 20.3 Å². The number of carbonyl (C=O) groups is 4. The second-order valence-corrected chi connectivity index (χ2v) is 7.01. The van der Waals surface area contributed by atoms with E-state index in [1.807, 2.05) is 19.9 Å². The molecule has 0 aromatic heterocycles. The van der Waals surface area contributed by atoms with Gasteiger partial charge in [-0.2, -0.15) is 0 Å². The minimum atomic E-state index is -0.762. The second kappa shape index (κ2) is 9.75. The van der Waals surface area contributed by atoms with E-state index in [4.69, 9.17) is 9.47 Å². The van der Waals surface area contributed by atoms with Crippen molar-refractivity contribution in [1.82, 2.24) is 5.32 Å². The van der Waals surface area contributed by atoms with Gasteiger partial charge in [0, 0.05) is 12.2 Å². The highest BCUT2D eigenvalue weighted by molar-refractivity contribution is 6.02. The number of urea groups is 1. The van der Waals surface area contributed by atoms with Crippen LogP contribution in [0.2, 0.25) is 0 Å². The number of amides is 4. The molecule has 4 amide bonds. The molecule has 0 saturated heterocycles. The molecular formula is C22H23N3O6. The van der Waals surface area contributed by atoms with Gasteiger partial charge in [0.25, 0.3) is 11.8 Å². The number of anilines is 2. The van der Waals surface area contributed by atoms with Crippen LogP contribution >= 0.6 is 0 Å². The number of carbonyl (C=O) groups excluding carboxylic acids is 4. The summed E-state index contributed by atoms with van der Waals surface area (Å²) in [4.78, 5) is 49.3.